The Labute approximate surface area is 134 Å². The fourth-order valence-corrected chi connectivity index (χ4v) is 2.99. The van der Waals surface area contributed by atoms with Crippen molar-refractivity contribution in [3.05, 3.63) is 28.2 Å². The van der Waals surface area contributed by atoms with Crippen LogP contribution in [-0.4, -0.2) is 33.3 Å². The molecule has 6 nitrogen and oxygen atoms in total. The molecule has 0 aliphatic rings. The molecular weight excluding hydrogens is 396 g/mol. The van der Waals surface area contributed by atoms with Crippen LogP contribution in [0, 0.1) is 0 Å². The highest BCUT2D eigenvalue weighted by Crippen LogP contribution is 2.20. The number of nitrogens with two attached hydrogens (primary N) is 2. The highest BCUT2D eigenvalue weighted by molar-refractivity contribution is 9.10. The number of amides is 1. The highest BCUT2D eigenvalue weighted by atomic mass is 79.9. The van der Waals surface area contributed by atoms with Crippen molar-refractivity contribution in [3.8, 4) is 0 Å². The number of nitrogens with one attached hydrogen (secondary N) is 1. The molecule has 1 amide bonds. The van der Waals surface area contributed by atoms with E-state index in [9.17, 15) is 22.0 Å². The molecule has 0 aliphatic heterocycles. The van der Waals surface area contributed by atoms with Crippen LogP contribution in [0.2, 0.25) is 0 Å². The van der Waals surface area contributed by atoms with E-state index >= 15 is 0 Å². The van der Waals surface area contributed by atoms with Gasteiger partial charge in [-0.05, 0) is 18.2 Å². The Hall–Kier alpha value is -0.810. The third-order valence-electron chi connectivity index (χ3n) is 2.29. The van der Waals surface area contributed by atoms with Gasteiger partial charge < -0.3 is 11.5 Å². The molecule has 0 unspecified atom stereocenters. The van der Waals surface area contributed by atoms with E-state index in [1.165, 1.54) is 6.07 Å². The summed E-state index contributed by atoms with van der Waals surface area (Å²) in [6.07, 6.45) is 0. The molecule has 0 aliphatic carbocycles. The molecule has 0 saturated carbocycles. The van der Waals surface area contributed by atoms with Gasteiger partial charge in [0, 0.05) is 10.0 Å². The minimum atomic E-state index is -4.21. The molecule has 0 atom stereocenters. The molecule has 1 rings (SSSR count). The largest absolute Gasteiger partial charge is 0.366 e. The molecule has 5 N–H and O–H groups in total. The lowest BCUT2D eigenvalue weighted by Gasteiger charge is -2.15. The fraction of sp³-hybridized carbons (Fsp3) is 0.300. The molecule has 1 aromatic carbocycles. The summed E-state index contributed by atoms with van der Waals surface area (Å²) in [5.41, 5.74) is 9.79. The molecule has 120 valence electrons. The standard InChI is InChI=1S/C10H12BrF2N3O3S.ClH/c11-7-1-6(9(15)17)2-8(3-7)20(18,19)16-5-10(12,13)4-14;/h1-3,16H,4-5,14H2,(H2,15,17);1H. The van der Waals surface area contributed by atoms with Crippen molar-refractivity contribution >= 4 is 44.3 Å². The highest BCUT2D eigenvalue weighted by Gasteiger charge is 2.29. The fourth-order valence-electron chi connectivity index (χ4n) is 1.22. The van der Waals surface area contributed by atoms with Crippen LogP contribution in [0.1, 0.15) is 10.4 Å². The van der Waals surface area contributed by atoms with E-state index < -0.39 is 34.9 Å². The summed E-state index contributed by atoms with van der Waals surface area (Å²) in [6, 6.07) is 3.47. The van der Waals surface area contributed by atoms with Crippen molar-refractivity contribution in [2.75, 3.05) is 13.1 Å². The van der Waals surface area contributed by atoms with Crippen molar-refractivity contribution in [3.63, 3.8) is 0 Å². The minimum absolute atomic E-state index is 0. The van der Waals surface area contributed by atoms with Crippen molar-refractivity contribution in [1.82, 2.24) is 4.72 Å². The maximum absolute atomic E-state index is 13.0. The van der Waals surface area contributed by atoms with Crippen molar-refractivity contribution in [1.29, 1.82) is 0 Å². The Morgan fingerprint density at radius 2 is 1.90 bits per heavy atom. The summed E-state index contributed by atoms with van der Waals surface area (Å²) < 4.78 is 51.6. The summed E-state index contributed by atoms with van der Waals surface area (Å²) in [6.45, 7) is -2.12. The first kappa shape index (κ1) is 20.2. The van der Waals surface area contributed by atoms with E-state index in [0.29, 0.717) is 0 Å². The van der Waals surface area contributed by atoms with Gasteiger partial charge in [0.2, 0.25) is 15.9 Å². The van der Waals surface area contributed by atoms with Gasteiger partial charge in [-0.15, -0.1) is 12.4 Å². The number of halogens is 4. The van der Waals surface area contributed by atoms with Gasteiger partial charge in [0.1, 0.15) is 0 Å². The third-order valence-corrected chi connectivity index (χ3v) is 4.12. The number of carbonyl (C=O) groups is 1. The molecule has 0 heterocycles. The van der Waals surface area contributed by atoms with Crippen LogP contribution in [0.5, 0.6) is 0 Å². The van der Waals surface area contributed by atoms with E-state index in [1.807, 2.05) is 0 Å². The quantitative estimate of drug-likeness (QED) is 0.647. The summed E-state index contributed by atoms with van der Waals surface area (Å²) in [7, 11) is -4.21. The van der Waals surface area contributed by atoms with Crippen LogP contribution in [0.3, 0.4) is 0 Å². The van der Waals surface area contributed by atoms with E-state index in [0.717, 1.165) is 12.1 Å². The lowest BCUT2D eigenvalue weighted by Crippen LogP contribution is -2.41. The van der Waals surface area contributed by atoms with Gasteiger partial charge in [-0.25, -0.2) is 21.9 Å². The van der Waals surface area contributed by atoms with Gasteiger partial charge in [-0.1, -0.05) is 15.9 Å². The van der Waals surface area contributed by atoms with Crippen LogP contribution in [0.15, 0.2) is 27.6 Å². The van der Waals surface area contributed by atoms with Crippen LogP contribution in [-0.2, 0) is 10.0 Å². The second-order valence-electron chi connectivity index (χ2n) is 3.92. The van der Waals surface area contributed by atoms with E-state index in [2.05, 4.69) is 15.9 Å². The Morgan fingerprint density at radius 1 is 1.33 bits per heavy atom. The minimum Gasteiger partial charge on any atom is -0.366 e. The molecule has 11 heteroatoms. The molecule has 0 aromatic heterocycles. The number of hydrogen-bond donors (Lipinski definition) is 3. The van der Waals surface area contributed by atoms with Crippen LogP contribution in [0.25, 0.3) is 0 Å². The van der Waals surface area contributed by atoms with Gasteiger partial charge in [-0.2, -0.15) is 0 Å². The Kier molecular flexibility index (Phi) is 7.16. The average Bonchev–Trinajstić information content (AvgIpc) is 2.36. The number of carbonyl (C=O) groups excluding carboxylic acids is 1. The molecule has 0 fully saturated rings. The van der Waals surface area contributed by atoms with Crippen LogP contribution < -0.4 is 16.2 Å². The summed E-state index contributed by atoms with van der Waals surface area (Å²) >= 11 is 3.01. The number of primary amides is 1. The Balaban J connectivity index is 0.00000400. The zero-order chi connectivity index (χ0) is 15.6. The number of alkyl halides is 2. The predicted octanol–water partition coefficient (Wildman–Crippen LogP) is 0.842. The molecule has 0 radical (unpaired) electrons. The van der Waals surface area contributed by atoms with Crippen LogP contribution >= 0.6 is 28.3 Å². The molecule has 0 saturated heterocycles. The second-order valence-corrected chi connectivity index (χ2v) is 6.61. The first-order valence-electron chi connectivity index (χ1n) is 5.25. The zero-order valence-electron chi connectivity index (χ0n) is 10.5. The number of rotatable bonds is 6. The summed E-state index contributed by atoms with van der Waals surface area (Å²) in [5, 5.41) is 0. The van der Waals surface area contributed by atoms with E-state index in [4.69, 9.17) is 11.5 Å². The topological polar surface area (TPSA) is 115 Å². The molecule has 0 spiro atoms. The first-order valence-corrected chi connectivity index (χ1v) is 7.53. The number of hydrogen-bond acceptors (Lipinski definition) is 4. The van der Waals surface area contributed by atoms with Gasteiger partial charge in [0.25, 0.3) is 5.92 Å². The van der Waals surface area contributed by atoms with Crippen molar-refractivity contribution in [2.45, 2.75) is 10.8 Å². The average molecular weight is 409 g/mol. The molecule has 1 aromatic rings. The Morgan fingerprint density at radius 3 is 2.38 bits per heavy atom. The molecule has 0 bridgehead atoms. The summed E-state index contributed by atoms with van der Waals surface area (Å²) in [4.78, 5) is 10.7. The normalized spacial score (nSPS) is 11.8. The summed E-state index contributed by atoms with van der Waals surface area (Å²) in [5.74, 6) is -4.19. The molecule has 21 heavy (non-hydrogen) atoms. The lowest BCUT2D eigenvalue weighted by atomic mass is 10.2. The van der Waals surface area contributed by atoms with Gasteiger partial charge in [0.15, 0.2) is 0 Å². The Bertz CT molecular complexity index is 628. The monoisotopic (exact) mass is 407 g/mol. The van der Waals surface area contributed by atoms with Gasteiger partial charge in [-0.3, -0.25) is 4.79 Å². The van der Waals surface area contributed by atoms with Crippen molar-refractivity contribution < 1.29 is 22.0 Å². The second kappa shape index (κ2) is 7.45. The maximum atomic E-state index is 13.0. The zero-order valence-corrected chi connectivity index (χ0v) is 13.7. The van der Waals surface area contributed by atoms with E-state index in [1.54, 1.807) is 4.72 Å². The van der Waals surface area contributed by atoms with E-state index in [-0.39, 0.29) is 27.3 Å². The maximum Gasteiger partial charge on any atom is 0.273 e. The number of benzene rings is 1. The SMILES string of the molecule is Cl.NCC(F)(F)CNS(=O)(=O)c1cc(Br)cc(C(N)=O)c1. The van der Waals surface area contributed by atoms with Gasteiger partial charge >= 0.3 is 0 Å². The van der Waals surface area contributed by atoms with Crippen LogP contribution in [0.4, 0.5) is 8.78 Å². The lowest BCUT2D eigenvalue weighted by molar-refractivity contribution is 0.0170. The number of sulfonamides is 1. The van der Waals surface area contributed by atoms with Gasteiger partial charge in [0.05, 0.1) is 18.0 Å². The predicted molar refractivity (Wildman–Crippen MR) is 79.1 cm³/mol. The first-order chi connectivity index (χ1) is 9.07. The van der Waals surface area contributed by atoms with Crippen molar-refractivity contribution in [2.24, 2.45) is 11.5 Å². The smallest absolute Gasteiger partial charge is 0.273 e. The molecular formula is C10H13BrClF2N3O3S. The third kappa shape index (κ3) is 5.83.